The van der Waals surface area contributed by atoms with Crippen LogP contribution in [-0.4, -0.2) is 34.5 Å². The Balaban J connectivity index is 2.08. The number of likely N-dealkylation sites (tertiary alicyclic amines) is 1. The number of halogens is 1. The number of carbonyl (C=O) groups is 2. The maximum absolute atomic E-state index is 12.1. The predicted molar refractivity (Wildman–Crippen MR) is 77.5 cm³/mol. The number of rotatable bonds is 3. The molecule has 20 heavy (non-hydrogen) atoms. The fourth-order valence-corrected chi connectivity index (χ4v) is 2.52. The van der Waals surface area contributed by atoms with Gasteiger partial charge < -0.3 is 10.0 Å². The van der Waals surface area contributed by atoms with E-state index < -0.39 is 12.0 Å². The van der Waals surface area contributed by atoms with Gasteiger partial charge in [-0.3, -0.25) is 4.79 Å². The summed E-state index contributed by atoms with van der Waals surface area (Å²) < 4.78 is 0. The Bertz CT molecular complexity index is 542. The lowest BCUT2D eigenvalue weighted by molar-refractivity contribution is -0.150. The number of amides is 1. The van der Waals surface area contributed by atoms with E-state index in [2.05, 4.69) is 0 Å². The molecule has 1 amide bonds. The third-order valence-electron chi connectivity index (χ3n) is 3.34. The number of nitrogens with zero attached hydrogens (tertiary/aromatic N) is 1. The van der Waals surface area contributed by atoms with Gasteiger partial charge in [0.05, 0.1) is 0 Å². The van der Waals surface area contributed by atoms with Crippen molar-refractivity contribution in [3.05, 3.63) is 40.9 Å². The second-order valence-electron chi connectivity index (χ2n) is 4.77. The molecule has 1 aromatic rings. The second-order valence-corrected chi connectivity index (χ2v) is 5.21. The Labute approximate surface area is 122 Å². The van der Waals surface area contributed by atoms with Crippen molar-refractivity contribution < 1.29 is 14.7 Å². The lowest BCUT2D eigenvalue weighted by Gasteiger charge is -2.32. The lowest BCUT2D eigenvalue weighted by atomic mass is 10.0. The van der Waals surface area contributed by atoms with E-state index in [-0.39, 0.29) is 5.91 Å². The van der Waals surface area contributed by atoms with Crippen molar-refractivity contribution in [1.82, 2.24) is 4.90 Å². The number of benzene rings is 1. The monoisotopic (exact) mass is 293 g/mol. The van der Waals surface area contributed by atoms with Crippen molar-refractivity contribution in [3.63, 3.8) is 0 Å². The van der Waals surface area contributed by atoms with Crippen molar-refractivity contribution in [2.45, 2.75) is 25.3 Å². The molecule has 2 rings (SSSR count). The molecule has 0 radical (unpaired) electrons. The Morgan fingerprint density at radius 2 is 2.15 bits per heavy atom. The zero-order valence-corrected chi connectivity index (χ0v) is 11.7. The highest BCUT2D eigenvalue weighted by molar-refractivity contribution is 6.30. The van der Waals surface area contributed by atoms with Crippen molar-refractivity contribution in [3.8, 4) is 0 Å². The summed E-state index contributed by atoms with van der Waals surface area (Å²) in [7, 11) is 0. The molecule has 4 nitrogen and oxygen atoms in total. The van der Waals surface area contributed by atoms with Gasteiger partial charge in [-0.1, -0.05) is 23.7 Å². The van der Waals surface area contributed by atoms with E-state index >= 15 is 0 Å². The fourth-order valence-electron chi connectivity index (χ4n) is 2.33. The van der Waals surface area contributed by atoms with Gasteiger partial charge in [-0.2, -0.15) is 0 Å². The van der Waals surface area contributed by atoms with E-state index in [9.17, 15) is 9.59 Å². The molecular formula is C15H16ClNO3. The summed E-state index contributed by atoms with van der Waals surface area (Å²) in [6.07, 6.45) is 5.28. The average molecular weight is 294 g/mol. The van der Waals surface area contributed by atoms with E-state index in [1.165, 1.54) is 11.0 Å². The molecule has 0 aliphatic carbocycles. The first-order valence-corrected chi connectivity index (χ1v) is 6.93. The summed E-state index contributed by atoms with van der Waals surface area (Å²) in [4.78, 5) is 24.7. The van der Waals surface area contributed by atoms with Gasteiger partial charge in [-0.15, -0.1) is 0 Å². The topological polar surface area (TPSA) is 57.6 Å². The molecule has 1 heterocycles. The Morgan fingerprint density at radius 1 is 1.35 bits per heavy atom. The largest absolute Gasteiger partial charge is 0.480 e. The first-order valence-electron chi connectivity index (χ1n) is 6.55. The maximum Gasteiger partial charge on any atom is 0.326 e. The van der Waals surface area contributed by atoms with Crippen LogP contribution in [0.3, 0.4) is 0 Å². The Hall–Kier alpha value is -1.81. The number of carboxylic acids is 1. The standard InChI is InChI=1S/C15H16ClNO3/c16-12-5-3-4-11(10-12)7-8-14(18)17-9-2-1-6-13(17)15(19)20/h3-5,7-8,10,13H,1-2,6,9H2,(H,19,20)/b8-7+. The van der Waals surface area contributed by atoms with E-state index in [0.717, 1.165) is 18.4 Å². The van der Waals surface area contributed by atoms with Gasteiger partial charge >= 0.3 is 5.97 Å². The summed E-state index contributed by atoms with van der Waals surface area (Å²) in [5.41, 5.74) is 0.815. The molecule has 1 saturated heterocycles. The van der Waals surface area contributed by atoms with Crippen LogP contribution in [0.1, 0.15) is 24.8 Å². The van der Waals surface area contributed by atoms with E-state index in [0.29, 0.717) is 18.0 Å². The number of aliphatic carboxylic acids is 1. The molecule has 1 N–H and O–H groups in total. The smallest absolute Gasteiger partial charge is 0.326 e. The molecule has 1 aliphatic heterocycles. The highest BCUT2D eigenvalue weighted by atomic mass is 35.5. The summed E-state index contributed by atoms with van der Waals surface area (Å²) in [5, 5.41) is 9.74. The number of hydrogen-bond acceptors (Lipinski definition) is 2. The van der Waals surface area contributed by atoms with Crippen molar-refractivity contribution in [2.75, 3.05) is 6.54 Å². The third-order valence-corrected chi connectivity index (χ3v) is 3.57. The summed E-state index contributed by atoms with van der Waals surface area (Å²) in [5.74, 6) is -1.20. The molecule has 1 unspecified atom stereocenters. The fraction of sp³-hybridized carbons (Fsp3) is 0.333. The van der Waals surface area contributed by atoms with E-state index in [1.54, 1.807) is 24.3 Å². The highest BCUT2D eigenvalue weighted by Gasteiger charge is 2.30. The second kappa shape index (κ2) is 6.57. The van der Waals surface area contributed by atoms with E-state index in [1.807, 2.05) is 6.07 Å². The average Bonchev–Trinajstić information content (AvgIpc) is 2.45. The summed E-state index contributed by atoms with van der Waals surface area (Å²) >= 11 is 5.87. The van der Waals surface area contributed by atoms with Gasteiger partial charge in [-0.05, 0) is 43.0 Å². The molecule has 0 saturated carbocycles. The normalized spacial score (nSPS) is 19.2. The number of hydrogen-bond donors (Lipinski definition) is 1. The molecule has 106 valence electrons. The van der Waals surface area contributed by atoms with Crippen molar-refractivity contribution in [1.29, 1.82) is 0 Å². The minimum atomic E-state index is -0.936. The lowest BCUT2D eigenvalue weighted by Crippen LogP contribution is -2.47. The van der Waals surface area contributed by atoms with Crippen molar-refractivity contribution >= 4 is 29.6 Å². The zero-order valence-electron chi connectivity index (χ0n) is 11.0. The van der Waals surface area contributed by atoms with Crippen LogP contribution in [0.15, 0.2) is 30.3 Å². The SMILES string of the molecule is O=C(O)C1CCCCN1C(=O)/C=C/c1cccc(Cl)c1. The molecule has 1 aromatic carbocycles. The number of piperidine rings is 1. The van der Waals surface area contributed by atoms with Crippen LogP contribution >= 0.6 is 11.6 Å². The highest BCUT2D eigenvalue weighted by Crippen LogP contribution is 2.18. The molecule has 5 heteroatoms. The van der Waals surface area contributed by atoms with Crippen LogP contribution in [0.4, 0.5) is 0 Å². The van der Waals surface area contributed by atoms with Crippen LogP contribution in [0.5, 0.6) is 0 Å². The van der Waals surface area contributed by atoms with Gasteiger partial charge in [0.25, 0.3) is 0 Å². The van der Waals surface area contributed by atoms with Crippen LogP contribution in [0.25, 0.3) is 6.08 Å². The molecule has 1 aliphatic rings. The van der Waals surface area contributed by atoms with Crippen LogP contribution in [0.2, 0.25) is 5.02 Å². The first-order chi connectivity index (χ1) is 9.58. The van der Waals surface area contributed by atoms with Gasteiger partial charge in [0.2, 0.25) is 5.91 Å². The quantitative estimate of drug-likeness (QED) is 0.872. The van der Waals surface area contributed by atoms with Gasteiger partial charge in [0.1, 0.15) is 6.04 Å². The van der Waals surface area contributed by atoms with Crippen LogP contribution in [-0.2, 0) is 9.59 Å². The first kappa shape index (κ1) is 14.6. The minimum absolute atomic E-state index is 0.267. The van der Waals surface area contributed by atoms with Gasteiger partial charge in [-0.25, -0.2) is 4.79 Å². The molecule has 1 atom stereocenters. The third kappa shape index (κ3) is 3.61. The molecule has 0 bridgehead atoms. The Morgan fingerprint density at radius 3 is 2.85 bits per heavy atom. The minimum Gasteiger partial charge on any atom is -0.480 e. The number of carbonyl (C=O) groups excluding carboxylic acids is 1. The predicted octanol–water partition coefficient (Wildman–Crippen LogP) is 2.82. The van der Waals surface area contributed by atoms with Crippen LogP contribution < -0.4 is 0 Å². The maximum atomic E-state index is 12.1. The number of carboxylic acid groups (broad SMARTS) is 1. The zero-order chi connectivity index (χ0) is 14.5. The van der Waals surface area contributed by atoms with Crippen LogP contribution in [0, 0.1) is 0 Å². The molecule has 0 aromatic heterocycles. The summed E-state index contributed by atoms with van der Waals surface area (Å²) in [6, 6.07) is 6.43. The molecule has 1 fully saturated rings. The Kier molecular flexibility index (Phi) is 4.79. The molecule has 0 spiro atoms. The molecular weight excluding hydrogens is 278 g/mol. The summed E-state index contributed by atoms with van der Waals surface area (Å²) in [6.45, 7) is 0.496. The van der Waals surface area contributed by atoms with Crippen molar-refractivity contribution in [2.24, 2.45) is 0 Å². The van der Waals surface area contributed by atoms with Gasteiger partial charge in [0.15, 0.2) is 0 Å². The van der Waals surface area contributed by atoms with Gasteiger partial charge in [0, 0.05) is 17.6 Å². The van der Waals surface area contributed by atoms with E-state index in [4.69, 9.17) is 16.7 Å².